The van der Waals surface area contributed by atoms with Gasteiger partial charge in [0, 0.05) is 11.5 Å². The number of fused-ring (bicyclic) bond motifs is 1. The maximum absolute atomic E-state index is 6.05. The van der Waals surface area contributed by atoms with Crippen LogP contribution in [0.2, 0.25) is 0 Å². The molecule has 1 heterocycles. The number of methoxy groups -OCH3 is 2. The zero-order valence-corrected chi connectivity index (χ0v) is 12.5. The molecule has 0 aliphatic rings. The van der Waals surface area contributed by atoms with E-state index in [0.29, 0.717) is 35.2 Å². The maximum Gasteiger partial charge on any atom is 0.162 e. The smallest absolute Gasteiger partial charge is 0.162 e. The van der Waals surface area contributed by atoms with Gasteiger partial charge < -0.3 is 26.3 Å². The zero-order chi connectivity index (χ0) is 15.4. The van der Waals surface area contributed by atoms with Crippen LogP contribution >= 0.6 is 0 Å². The van der Waals surface area contributed by atoms with Crippen LogP contribution in [0.3, 0.4) is 0 Å². The first-order chi connectivity index (χ1) is 10.1. The van der Waals surface area contributed by atoms with Crippen molar-refractivity contribution in [3.63, 3.8) is 0 Å². The van der Waals surface area contributed by atoms with Gasteiger partial charge in [-0.3, -0.25) is 0 Å². The number of anilines is 1. The summed E-state index contributed by atoms with van der Waals surface area (Å²) in [5, 5.41) is 3.88. The SMILES string of the molecule is CNC(CCN)c1nc(N)c2cc(OC)c(OC)cc2n1. The van der Waals surface area contributed by atoms with E-state index < -0.39 is 0 Å². The minimum absolute atomic E-state index is 0.0326. The Morgan fingerprint density at radius 1 is 1.19 bits per heavy atom. The normalized spacial score (nSPS) is 12.4. The predicted molar refractivity (Wildman–Crippen MR) is 82.5 cm³/mol. The van der Waals surface area contributed by atoms with Gasteiger partial charge in [0.1, 0.15) is 11.6 Å². The van der Waals surface area contributed by atoms with Gasteiger partial charge in [-0.2, -0.15) is 0 Å². The van der Waals surface area contributed by atoms with Gasteiger partial charge in [0.2, 0.25) is 0 Å². The Hall–Kier alpha value is -2.12. The molecule has 0 radical (unpaired) electrons. The highest BCUT2D eigenvalue weighted by Gasteiger charge is 2.16. The molecule has 7 nitrogen and oxygen atoms in total. The molecule has 0 amide bonds. The Balaban J connectivity index is 2.58. The molecule has 0 saturated heterocycles. The van der Waals surface area contributed by atoms with Crippen molar-refractivity contribution < 1.29 is 9.47 Å². The number of nitrogens with two attached hydrogens (primary N) is 2. The molecule has 0 aliphatic carbocycles. The van der Waals surface area contributed by atoms with Crippen LogP contribution in [-0.2, 0) is 0 Å². The molecule has 0 fully saturated rings. The van der Waals surface area contributed by atoms with Crippen LogP contribution in [0.15, 0.2) is 12.1 Å². The second kappa shape index (κ2) is 6.55. The van der Waals surface area contributed by atoms with Crippen molar-refractivity contribution in [1.82, 2.24) is 15.3 Å². The van der Waals surface area contributed by atoms with Crippen molar-refractivity contribution in [2.45, 2.75) is 12.5 Å². The fourth-order valence-corrected chi connectivity index (χ4v) is 2.22. The van der Waals surface area contributed by atoms with E-state index in [9.17, 15) is 0 Å². The summed E-state index contributed by atoms with van der Waals surface area (Å²) in [5.41, 5.74) is 12.4. The fraction of sp³-hybridized carbons (Fsp3) is 0.429. The second-order valence-electron chi connectivity index (χ2n) is 4.61. The molecule has 1 atom stereocenters. The van der Waals surface area contributed by atoms with Gasteiger partial charge in [-0.1, -0.05) is 0 Å². The first-order valence-electron chi connectivity index (χ1n) is 6.71. The van der Waals surface area contributed by atoms with E-state index in [0.717, 1.165) is 11.8 Å². The largest absolute Gasteiger partial charge is 0.493 e. The van der Waals surface area contributed by atoms with E-state index in [1.54, 1.807) is 26.4 Å². The summed E-state index contributed by atoms with van der Waals surface area (Å²) in [6.07, 6.45) is 0.731. The Kier molecular flexibility index (Phi) is 4.77. The summed E-state index contributed by atoms with van der Waals surface area (Å²) in [6, 6.07) is 3.55. The predicted octanol–water partition coefficient (Wildman–Crippen LogP) is 0.839. The number of rotatable bonds is 6. The molecule has 1 aromatic carbocycles. The van der Waals surface area contributed by atoms with Gasteiger partial charge in [-0.05, 0) is 26.1 Å². The molecule has 114 valence electrons. The summed E-state index contributed by atoms with van der Waals surface area (Å²) in [5.74, 6) is 2.24. The van der Waals surface area contributed by atoms with E-state index in [4.69, 9.17) is 20.9 Å². The number of nitrogens with one attached hydrogen (secondary N) is 1. The first kappa shape index (κ1) is 15.3. The summed E-state index contributed by atoms with van der Waals surface area (Å²) >= 11 is 0. The molecule has 1 unspecified atom stereocenters. The number of nitrogens with zero attached hydrogens (tertiary/aromatic N) is 2. The number of hydrogen-bond donors (Lipinski definition) is 3. The highest BCUT2D eigenvalue weighted by molar-refractivity contribution is 5.90. The monoisotopic (exact) mass is 291 g/mol. The Bertz CT molecular complexity index is 632. The minimum Gasteiger partial charge on any atom is -0.493 e. The van der Waals surface area contributed by atoms with E-state index >= 15 is 0 Å². The van der Waals surface area contributed by atoms with Crippen LogP contribution < -0.4 is 26.3 Å². The fourth-order valence-electron chi connectivity index (χ4n) is 2.22. The zero-order valence-electron chi connectivity index (χ0n) is 12.5. The number of ether oxygens (including phenoxy) is 2. The van der Waals surface area contributed by atoms with E-state index in [-0.39, 0.29) is 6.04 Å². The molecular weight excluding hydrogens is 270 g/mol. The van der Waals surface area contributed by atoms with Crippen LogP contribution in [0.5, 0.6) is 11.5 Å². The highest BCUT2D eigenvalue weighted by atomic mass is 16.5. The molecule has 2 aromatic rings. The van der Waals surface area contributed by atoms with Gasteiger partial charge in [-0.25, -0.2) is 9.97 Å². The molecule has 0 saturated carbocycles. The molecule has 5 N–H and O–H groups in total. The quantitative estimate of drug-likeness (QED) is 0.723. The number of nitrogen functional groups attached to an aromatic ring is 1. The number of hydrogen-bond acceptors (Lipinski definition) is 7. The molecule has 1 aromatic heterocycles. The van der Waals surface area contributed by atoms with E-state index in [1.807, 2.05) is 7.05 Å². The lowest BCUT2D eigenvalue weighted by atomic mass is 10.1. The van der Waals surface area contributed by atoms with E-state index in [1.165, 1.54) is 0 Å². The lowest BCUT2D eigenvalue weighted by Gasteiger charge is -2.16. The Morgan fingerprint density at radius 2 is 1.86 bits per heavy atom. The minimum atomic E-state index is -0.0326. The third-order valence-electron chi connectivity index (χ3n) is 3.36. The summed E-state index contributed by atoms with van der Waals surface area (Å²) in [6.45, 7) is 0.540. The average molecular weight is 291 g/mol. The van der Waals surface area contributed by atoms with Crippen molar-refractivity contribution >= 4 is 16.7 Å². The first-order valence-corrected chi connectivity index (χ1v) is 6.71. The Labute approximate surface area is 123 Å². The van der Waals surface area contributed by atoms with Gasteiger partial charge >= 0.3 is 0 Å². The van der Waals surface area contributed by atoms with Gasteiger partial charge in [0.15, 0.2) is 11.5 Å². The van der Waals surface area contributed by atoms with Crippen LogP contribution in [-0.4, -0.2) is 37.8 Å². The van der Waals surface area contributed by atoms with Crippen molar-refractivity contribution in [3.05, 3.63) is 18.0 Å². The molecule has 21 heavy (non-hydrogen) atoms. The lowest BCUT2D eigenvalue weighted by molar-refractivity contribution is 0.355. The molecule has 2 rings (SSSR count). The molecular formula is C14H21N5O2. The maximum atomic E-state index is 6.05. The third kappa shape index (κ3) is 2.98. The van der Waals surface area contributed by atoms with Crippen LogP contribution in [0, 0.1) is 0 Å². The van der Waals surface area contributed by atoms with Crippen LogP contribution in [0.25, 0.3) is 10.9 Å². The molecule has 7 heteroatoms. The topological polar surface area (TPSA) is 108 Å². The number of benzene rings is 1. The van der Waals surface area contributed by atoms with Gasteiger partial charge in [0.25, 0.3) is 0 Å². The lowest BCUT2D eigenvalue weighted by Crippen LogP contribution is -2.22. The van der Waals surface area contributed by atoms with Crippen molar-refractivity contribution in [2.24, 2.45) is 5.73 Å². The second-order valence-corrected chi connectivity index (χ2v) is 4.61. The van der Waals surface area contributed by atoms with Crippen LogP contribution in [0.1, 0.15) is 18.3 Å². The molecule has 0 bridgehead atoms. The van der Waals surface area contributed by atoms with Gasteiger partial charge in [0.05, 0.1) is 25.8 Å². The van der Waals surface area contributed by atoms with Crippen molar-refractivity contribution in [3.8, 4) is 11.5 Å². The molecule has 0 spiro atoms. The van der Waals surface area contributed by atoms with Gasteiger partial charge in [-0.15, -0.1) is 0 Å². The summed E-state index contributed by atoms with van der Waals surface area (Å²) in [7, 11) is 5.01. The number of aromatic nitrogens is 2. The average Bonchev–Trinajstić information content (AvgIpc) is 2.51. The molecule has 0 aliphatic heterocycles. The standard InChI is InChI=1S/C14H21N5O2/c1-17-9(4-5-15)14-18-10-7-12(21-3)11(20-2)6-8(10)13(16)19-14/h6-7,9,17H,4-5,15H2,1-3H3,(H2,16,18,19). The Morgan fingerprint density at radius 3 is 2.43 bits per heavy atom. The van der Waals surface area contributed by atoms with E-state index in [2.05, 4.69) is 15.3 Å². The summed E-state index contributed by atoms with van der Waals surface area (Å²) < 4.78 is 10.6. The summed E-state index contributed by atoms with van der Waals surface area (Å²) in [4.78, 5) is 8.94. The van der Waals surface area contributed by atoms with Crippen molar-refractivity contribution in [1.29, 1.82) is 0 Å². The van der Waals surface area contributed by atoms with Crippen LogP contribution in [0.4, 0.5) is 5.82 Å². The van der Waals surface area contributed by atoms with Crippen molar-refractivity contribution in [2.75, 3.05) is 33.5 Å². The highest BCUT2D eigenvalue weighted by Crippen LogP contribution is 2.33. The third-order valence-corrected chi connectivity index (χ3v) is 3.36.